The van der Waals surface area contributed by atoms with Crippen molar-refractivity contribution in [1.82, 2.24) is 5.32 Å². The summed E-state index contributed by atoms with van der Waals surface area (Å²) in [6.45, 7) is 6.36. The highest BCUT2D eigenvalue weighted by Crippen LogP contribution is 2.28. The Labute approximate surface area is 102 Å². The average Bonchev–Trinajstić information content (AvgIpc) is 2.15. The van der Waals surface area contributed by atoms with Crippen molar-refractivity contribution in [2.75, 3.05) is 4.90 Å². The number of anilines is 1. The van der Waals surface area contributed by atoms with Crippen molar-refractivity contribution in [3.8, 4) is 0 Å². The summed E-state index contributed by atoms with van der Waals surface area (Å²) in [5.41, 5.74) is 2.14. The van der Waals surface area contributed by atoms with Gasteiger partial charge < -0.3 is 10.2 Å². The first kappa shape index (κ1) is 11.1. The predicted octanol–water partition coefficient (Wildman–Crippen LogP) is 3.06. The summed E-state index contributed by atoms with van der Waals surface area (Å²) in [4.78, 5) is 2.13. The number of hydrogen-bond acceptors (Lipinski definition) is 1. The van der Waals surface area contributed by atoms with Gasteiger partial charge in [0.2, 0.25) is 0 Å². The monoisotopic (exact) mass is 232 g/mol. The number of benzene rings is 1. The lowest BCUT2D eigenvalue weighted by atomic mass is 9.98. The first-order valence-electron chi connectivity index (χ1n) is 5.36. The summed E-state index contributed by atoms with van der Waals surface area (Å²) in [5, 5.41) is 3.96. The molecule has 2 rings (SSSR count). The van der Waals surface area contributed by atoms with Gasteiger partial charge in [0.25, 0.3) is 0 Å². The van der Waals surface area contributed by atoms with Crippen molar-refractivity contribution >= 4 is 23.0 Å². The van der Waals surface area contributed by atoms with Crippen LogP contribution in [0, 0.1) is 0 Å². The lowest BCUT2D eigenvalue weighted by Gasteiger charge is -2.42. The van der Waals surface area contributed by atoms with Crippen LogP contribution in [0.25, 0.3) is 0 Å². The maximum absolute atomic E-state index is 5.41. The van der Waals surface area contributed by atoms with E-state index in [-0.39, 0.29) is 5.54 Å². The van der Waals surface area contributed by atoms with Crippen LogP contribution in [0.2, 0.25) is 0 Å². The first-order chi connectivity index (χ1) is 7.50. The van der Waals surface area contributed by atoms with Crippen molar-refractivity contribution in [1.29, 1.82) is 0 Å². The van der Waals surface area contributed by atoms with E-state index in [9.17, 15) is 0 Å². The third-order valence-electron chi connectivity index (χ3n) is 2.67. The van der Waals surface area contributed by atoms with Gasteiger partial charge in [0.05, 0.1) is 5.54 Å². The van der Waals surface area contributed by atoms with Crippen molar-refractivity contribution in [2.24, 2.45) is 0 Å². The Morgan fingerprint density at radius 1 is 1.19 bits per heavy atom. The minimum Gasteiger partial charge on any atom is -0.336 e. The molecule has 16 heavy (non-hydrogen) atoms. The Balaban J connectivity index is 2.45. The smallest absolute Gasteiger partial charge is 0.178 e. The van der Waals surface area contributed by atoms with Gasteiger partial charge in [-0.1, -0.05) is 18.2 Å². The molecule has 1 heterocycles. The van der Waals surface area contributed by atoms with E-state index in [0.29, 0.717) is 0 Å². The summed E-state index contributed by atoms with van der Waals surface area (Å²) < 4.78 is 0. The van der Waals surface area contributed by atoms with E-state index >= 15 is 0 Å². The molecule has 0 aromatic heterocycles. The van der Waals surface area contributed by atoms with E-state index in [1.807, 2.05) is 25.1 Å². The SMILES string of the molecule is CC1=CC(C)(C)N(c2ccccc2)C(=S)N1. The third-order valence-corrected chi connectivity index (χ3v) is 2.95. The van der Waals surface area contributed by atoms with Gasteiger partial charge >= 0.3 is 0 Å². The zero-order valence-electron chi connectivity index (χ0n) is 9.82. The van der Waals surface area contributed by atoms with Gasteiger partial charge in [0.15, 0.2) is 5.11 Å². The molecule has 3 heteroatoms. The van der Waals surface area contributed by atoms with Crippen LogP contribution in [0.15, 0.2) is 42.1 Å². The summed E-state index contributed by atoms with van der Waals surface area (Å²) >= 11 is 5.41. The fraction of sp³-hybridized carbons (Fsp3) is 0.308. The molecule has 1 aliphatic rings. The zero-order valence-corrected chi connectivity index (χ0v) is 10.6. The molecule has 0 saturated carbocycles. The average molecular weight is 232 g/mol. The summed E-state index contributed by atoms with van der Waals surface area (Å²) in [6.07, 6.45) is 2.19. The van der Waals surface area contributed by atoms with Gasteiger partial charge in [-0.15, -0.1) is 0 Å². The Bertz CT molecular complexity index is 435. The number of rotatable bonds is 1. The maximum Gasteiger partial charge on any atom is 0.178 e. The minimum absolute atomic E-state index is 0.0895. The number of para-hydroxylation sites is 1. The molecule has 0 bridgehead atoms. The van der Waals surface area contributed by atoms with Gasteiger partial charge in [-0.3, -0.25) is 0 Å². The molecule has 1 aliphatic heterocycles. The van der Waals surface area contributed by atoms with Crippen LogP contribution < -0.4 is 10.2 Å². The van der Waals surface area contributed by atoms with E-state index in [0.717, 1.165) is 16.5 Å². The highest BCUT2D eigenvalue weighted by atomic mass is 32.1. The Morgan fingerprint density at radius 2 is 1.81 bits per heavy atom. The van der Waals surface area contributed by atoms with Gasteiger partial charge in [0.1, 0.15) is 0 Å². The van der Waals surface area contributed by atoms with E-state index in [1.54, 1.807) is 0 Å². The summed E-state index contributed by atoms with van der Waals surface area (Å²) in [5.74, 6) is 0. The highest BCUT2D eigenvalue weighted by Gasteiger charge is 2.31. The molecule has 2 nitrogen and oxygen atoms in total. The van der Waals surface area contributed by atoms with Crippen molar-refractivity contribution in [3.05, 3.63) is 42.1 Å². The molecule has 0 amide bonds. The van der Waals surface area contributed by atoms with Crippen molar-refractivity contribution < 1.29 is 0 Å². The lowest BCUT2D eigenvalue weighted by Crippen LogP contribution is -2.54. The van der Waals surface area contributed by atoms with Crippen molar-refractivity contribution in [3.63, 3.8) is 0 Å². The predicted molar refractivity (Wildman–Crippen MR) is 72.5 cm³/mol. The molecule has 0 aliphatic carbocycles. The number of nitrogens with one attached hydrogen (secondary N) is 1. The van der Waals surface area contributed by atoms with Crippen molar-refractivity contribution in [2.45, 2.75) is 26.3 Å². The summed E-state index contributed by atoms with van der Waals surface area (Å²) in [6, 6.07) is 10.2. The second kappa shape index (κ2) is 3.91. The standard InChI is InChI=1S/C13H16N2S/c1-10-9-13(2,3)15(12(16)14-10)11-7-5-4-6-8-11/h4-9H,1-3H3,(H,14,16). The molecule has 0 fully saturated rings. The Kier molecular flexibility index (Phi) is 2.72. The molecule has 1 N–H and O–H groups in total. The van der Waals surface area contributed by atoms with Gasteiger partial charge in [-0.05, 0) is 51.2 Å². The van der Waals surface area contributed by atoms with Crippen LogP contribution in [0.4, 0.5) is 5.69 Å². The molecular weight excluding hydrogens is 216 g/mol. The third kappa shape index (κ3) is 1.95. The Hall–Kier alpha value is -1.35. The van der Waals surface area contributed by atoms with E-state index < -0.39 is 0 Å². The largest absolute Gasteiger partial charge is 0.336 e. The fourth-order valence-electron chi connectivity index (χ4n) is 2.14. The number of allylic oxidation sites excluding steroid dienone is 1. The van der Waals surface area contributed by atoms with Crippen LogP contribution in [-0.4, -0.2) is 10.7 Å². The quantitative estimate of drug-likeness (QED) is 0.749. The van der Waals surface area contributed by atoms with Gasteiger partial charge in [0, 0.05) is 11.4 Å². The highest BCUT2D eigenvalue weighted by molar-refractivity contribution is 7.80. The van der Waals surface area contributed by atoms with Crippen LogP contribution in [0.5, 0.6) is 0 Å². The molecule has 0 saturated heterocycles. The van der Waals surface area contributed by atoms with Crippen LogP contribution in [0.3, 0.4) is 0 Å². The van der Waals surface area contributed by atoms with Crippen LogP contribution >= 0.6 is 12.2 Å². The second-order valence-corrected chi connectivity index (χ2v) is 4.97. The fourth-order valence-corrected chi connectivity index (χ4v) is 2.65. The topological polar surface area (TPSA) is 15.3 Å². The molecule has 1 aromatic carbocycles. The maximum atomic E-state index is 5.41. The van der Waals surface area contributed by atoms with E-state index in [4.69, 9.17) is 12.2 Å². The van der Waals surface area contributed by atoms with Crippen LogP contribution in [-0.2, 0) is 0 Å². The Morgan fingerprint density at radius 3 is 2.38 bits per heavy atom. The second-order valence-electron chi connectivity index (χ2n) is 4.58. The van der Waals surface area contributed by atoms with Crippen LogP contribution in [0.1, 0.15) is 20.8 Å². The molecule has 0 unspecified atom stereocenters. The number of nitrogens with zero attached hydrogens (tertiary/aromatic N) is 1. The normalized spacial score (nSPS) is 19.1. The first-order valence-corrected chi connectivity index (χ1v) is 5.77. The summed E-state index contributed by atoms with van der Waals surface area (Å²) in [7, 11) is 0. The molecular formula is C13H16N2S. The molecule has 0 atom stereocenters. The molecule has 1 aromatic rings. The zero-order chi connectivity index (χ0) is 11.8. The molecule has 84 valence electrons. The number of thiocarbonyl (C=S) groups is 1. The lowest BCUT2D eigenvalue weighted by molar-refractivity contribution is 0.614. The van der Waals surface area contributed by atoms with E-state index in [1.165, 1.54) is 0 Å². The van der Waals surface area contributed by atoms with E-state index in [2.05, 4.69) is 42.3 Å². The van der Waals surface area contributed by atoms with Gasteiger partial charge in [-0.25, -0.2) is 0 Å². The minimum atomic E-state index is -0.0895. The molecule has 0 radical (unpaired) electrons. The van der Waals surface area contributed by atoms with Gasteiger partial charge in [-0.2, -0.15) is 0 Å². The number of hydrogen-bond donors (Lipinski definition) is 1. The molecule has 0 spiro atoms.